The standard InChI is InChI=1S/C31H36F2N2O5S/c1-29-13-18-15-34-35(21-7-5-20(33)6-8-21)24(18)12-19(29)4-9-22-23-10-11-31(28(38)41-17-32,40-26(37)16-39-3)30(23,2)14-25(36)27(22)29/h5-8,12,15,22-23,25,27,36H,4,9-11,13-14,16-17H2,1-3H3/t22-,23?,25-,27?,29-,30-,31-/m0/s1. The molecule has 10 heteroatoms. The van der Waals surface area contributed by atoms with E-state index in [2.05, 4.69) is 18.1 Å². The Kier molecular flexibility index (Phi) is 7.18. The molecule has 0 saturated heterocycles. The molecule has 3 fully saturated rings. The molecule has 0 amide bonds. The first-order valence-corrected chi connectivity index (χ1v) is 15.2. The highest BCUT2D eigenvalue weighted by atomic mass is 32.2. The lowest BCUT2D eigenvalue weighted by Gasteiger charge is -2.60. The maximum atomic E-state index is 13.5. The predicted molar refractivity (Wildman–Crippen MR) is 150 cm³/mol. The molecule has 1 N–H and O–H groups in total. The largest absolute Gasteiger partial charge is 0.448 e. The van der Waals surface area contributed by atoms with Crippen LogP contribution in [0.1, 0.15) is 57.2 Å². The third-order valence-electron chi connectivity index (χ3n) is 10.7. The van der Waals surface area contributed by atoms with Gasteiger partial charge in [0.2, 0.25) is 5.12 Å². The molecule has 3 saturated carbocycles. The number of rotatable bonds is 6. The van der Waals surface area contributed by atoms with Gasteiger partial charge in [0.25, 0.3) is 0 Å². The molecule has 1 heterocycles. The number of nitrogens with zero attached hydrogens (tertiary/aromatic N) is 2. The van der Waals surface area contributed by atoms with E-state index in [0.29, 0.717) is 31.0 Å². The first-order chi connectivity index (χ1) is 19.6. The van der Waals surface area contributed by atoms with Gasteiger partial charge in [-0.3, -0.25) is 4.79 Å². The van der Waals surface area contributed by atoms with Crippen molar-refractivity contribution in [3.05, 3.63) is 53.1 Å². The average Bonchev–Trinajstić information content (AvgIpc) is 3.45. The molecule has 7 atom stereocenters. The number of thioether (sulfide) groups is 1. The normalized spacial score (nSPS) is 35.5. The van der Waals surface area contributed by atoms with E-state index in [9.17, 15) is 23.5 Å². The minimum atomic E-state index is -1.51. The number of allylic oxidation sites excluding steroid dienone is 1. The van der Waals surface area contributed by atoms with Crippen molar-refractivity contribution >= 4 is 28.9 Å². The Labute approximate surface area is 242 Å². The number of carbonyl (C=O) groups excluding carboxylic acids is 2. The number of aliphatic hydroxyl groups is 1. The van der Waals surface area contributed by atoms with Crippen molar-refractivity contribution in [3.8, 4) is 5.69 Å². The van der Waals surface area contributed by atoms with Crippen LogP contribution < -0.4 is 0 Å². The summed E-state index contributed by atoms with van der Waals surface area (Å²) in [5.41, 5.74) is 1.45. The Balaban J connectivity index is 1.34. The molecule has 41 heavy (non-hydrogen) atoms. The van der Waals surface area contributed by atoms with E-state index in [1.807, 2.05) is 17.8 Å². The quantitative estimate of drug-likeness (QED) is 0.461. The van der Waals surface area contributed by atoms with Crippen LogP contribution in [0.3, 0.4) is 0 Å². The summed E-state index contributed by atoms with van der Waals surface area (Å²) in [6.07, 6.45) is 6.92. The fourth-order valence-electron chi connectivity index (χ4n) is 9.01. The summed E-state index contributed by atoms with van der Waals surface area (Å²) in [7, 11) is 1.38. The van der Waals surface area contributed by atoms with Crippen molar-refractivity contribution in [1.82, 2.24) is 9.78 Å². The first kappa shape index (κ1) is 28.6. The SMILES string of the molecule is COCC(=O)O[C@]1(C(=O)SCF)CCC2[C@@H]3CCC4=Cc5c(cnn5-c5ccc(F)cc5)C[C@]4(C)C3[C@@H](O)C[C@@]21C. The number of esters is 1. The fraction of sp³-hybridized carbons (Fsp3) is 0.581. The number of carbonyl (C=O) groups is 2. The molecule has 7 nitrogen and oxygen atoms in total. The van der Waals surface area contributed by atoms with Crippen LogP contribution in [0, 0.1) is 34.4 Å². The van der Waals surface area contributed by atoms with Gasteiger partial charge in [-0.2, -0.15) is 5.10 Å². The molecule has 4 aliphatic carbocycles. The zero-order valence-corrected chi connectivity index (χ0v) is 24.4. The molecule has 1 aromatic carbocycles. The van der Waals surface area contributed by atoms with Gasteiger partial charge in [-0.25, -0.2) is 18.3 Å². The van der Waals surface area contributed by atoms with Gasteiger partial charge < -0.3 is 14.6 Å². The Hall–Kier alpha value is -2.56. The van der Waals surface area contributed by atoms with Crippen LogP contribution in [0.25, 0.3) is 11.8 Å². The molecule has 0 bridgehead atoms. The minimum absolute atomic E-state index is 0.0251. The number of alkyl halides is 1. The van der Waals surface area contributed by atoms with Crippen molar-refractivity contribution in [2.75, 3.05) is 19.7 Å². The van der Waals surface area contributed by atoms with Gasteiger partial charge in [-0.05, 0) is 109 Å². The maximum absolute atomic E-state index is 13.5. The van der Waals surface area contributed by atoms with Crippen molar-refractivity contribution in [3.63, 3.8) is 0 Å². The van der Waals surface area contributed by atoms with Crippen LogP contribution in [0.2, 0.25) is 0 Å². The lowest BCUT2D eigenvalue weighted by molar-refractivity contribution is -0.198. The summed E-state index contributed by atoms with van der Waals surface area (Å²) in [4.78, 5) is 26.2. The summed E-state index contributed by atoms with van der Waals surface area (Å²) < 4.78 is 39.7. The van der Waals surface area contributed by atoms with Crippen LogP contribution in [0.5, 0.6) is 0 Å². The van der Waals surface area contributed by atoms with Crippen LogP contribution in [-0.4, -0.2) is 57.4 Å². The lowest BCUT2D eigenvalue weighted by atomic mass is 9.45. The van der Waals surface area contributed by atoms with E-state index in [4.69, 9.17) is 9.47 Å². The van der Waals surface area contributed by atoms with Gasteiger partial charge in [0.15, 0.2) is 5.60 Å². The second-order valence-corrected chi connectivity index (χ2v) is 13.4. The van der Waals surface area contributed by atoms with Crippen LogP contribution in [-0.2, 0) is 25.5 Å². The molecule has 4 aliphatic rings. The topological polar surface area (TPSA) is 90.7 Å². The number of aliphatic hydroxyl groups excluding tert-OH is 1. The van der Waals surface area contributed by atoms with E-state index >= 15 is 0 Å². The van der Waals surface area contributed by atoms with E-state index in [1.54, 1.807) is 12.1 Å². The summed E-state index contributed by atoms with van der Waals surface area (Å²) in [6.45, 7) is 3.87. The number of hydrogen-bond acceptors (Lipinski definition) is 7. The molecule has 1 aromatic heterocycles. The predicted octanol–water partition coefficient (Wildman–Crippen LogP) is 5.28. The zero-order valence-electron chi connectivity index (χ0n) is 23.6. The molecule has 0 aliphatic heterocycles. The second kappa shape index (κ2) is 10.3. The number of benzene rings is 1. The number of ether oxygens (including phenoxy) is 2. The Bertz CT molecular complexity index is 1400. The lowest BCUT2D eigenvalue weighted by Crippen LogP contribution is -2.62. The summed E-state index contributed by atoms with van der Waals surface area (Å²) in [5, 5.41) is 16.1. The fourth-order valence-corrected chi connectivity index (χ4v) is 9.72. The summed E-state index contributed by atoms with van der Waals surface area (Å²) >= 11 is 0.539. The Morgan fingerprint density at radius 3 is 2.68 bits per heavy atom. The van der Waals surface area contributed by atoms with Crippen molar-refractivity contribution in [2.24, 2.45) is 28.6 Å². The Morgan fingerprint density at radius 1 is 1.22 bits per heavy atom. The summed E-state index contributed by atoms with van der Waals surface area (Å²) in [6, 6.07) is 5.37. The molecular weight excluding hydrogens is 550 g/mol. The van der Waals surface area contributed by atoms with E-state index in [1.165, 1.54) is 24.8 Å². The van der Waals surface area contributed by atoms with Gasteiger partial charge in [0.05, 0.1) is 23.7 Å². The van der Waals surface area contributed by atoms with Crippen LogP contribution in [0.15, 0.2) is 36.0 Å². The number of hydrogen-bond donors (Lipinski definition) is 1. The number of aromatic nitrogens is 2. The van der Waals surface area contributed by atoms with Crippen molar-refractivity contribution in [2.45, 2.75) is 64.1 Å². The van der Waals surface area contributed by atoms with E-state index < -0.39 is 34.2 Å². The van der Waals surface area contributed by atoms with Crippen LogP contribution >= 0.6 is 11.8 Å². The molecule has 6 rings (SSSR count). The van der Waals surface area contributed by atoms with Crippen LogP contribution in [0.4, 0.5) is 8.78 Å². The third kappa shape index (κ3) is 4.23. The highest BCUT2D eigenvalue weighted by Gasteiger charge is 2.70. The monoisotopic (exact) mass is 586 g/mol. The highest BCUT2D eigenvalue weighted by Crippen LogP contribution is 2.68. The summed E-state index contributed by atoms with van der Waals surface area (Å²) in [5.74, 6) is -0.885. The first-order valence-electron chi connectivity index (χ1n) is 14.2. The zero-order chi connectivity index (χ0) is 29.2. The number of halogens is 2. The second-order valence-electron chi connectivity index (χ2n) is 12.5. The van der Waals surface area contributed by atoms with Gasteiger partial charge in [0.1, 0.15) is 18.4 Å². The number of methoxy groups -OCH3 is 1. The Morgan fingerprint density at radius 2 is 1.98 bits per heavy atom. The molecular formula is C31H36F2N2O5S. The molecule has 220 valence electrons. The minimum Gasteiger partial charge on any atom is -0.448 e. The van der Waals surface area contributed by atoms with E-state index in [-0.39, 0.29) is 42.0 Å². The smallest absolute Gasteiger partial charge is 0.333 e. The average molecular weight is 587 g/mol. The molecule has 0 radical (unpaired) electrons. The maximum Gasteiger partial charge on any atom is 0.333 e. The van der Waals surface area contributed by atoms with Crippen molar-refractivity contribution < 1.29 is 33.0 Å². The molecule has 0 spiro atoms. The molecule has 2 unspecified atom stereocenters. The van der Waals surface area contributed by atoms with Gasteiger partial charge in [-0.1, -0.05) is 19.4 Å². The van der Waals surface area contributed by atoms with Gasteiger partial charge in [-0.15, -0.1) is 0 Å². The third-order valence-corrected chi connectivity index (χ3v) is 11.4. The molecule has 2 aromatic rings. The van der Waals surface area contributed by atoms with Gasteiger partial charge >= 0.3 is 5.97 Å². The van der Waals surface area contributed by atoms with Crippen molar-refractivity contribution in [1.29, 1.82) is 0 Å². The van der Waals surface area contributed by atoms with E-state index in [0.717, 1.165) is 29.8 Å². The number of fused-ring (bicyclic) bond motifs is 6. The van der Waals surface area contributed by atoms with Gasteiger partial charge in [0, 0.05) is 12.5 Å². The highest BCUT2D eigenvalue weighted by molar-refractivity contribution is 8.13.